The molecule has 0 radical (unpaired) electrons. The SMILES string of the molecule is Brc1cc(CNC2CCc3ccccc32)oc1Br. The molecule has 0 spiro atoms. The highest BCUT2D eigenvalue weighted by Crippen LogP contribution is 2.32. The Balaban J connectivity index is 1.68. The van der Waals surface area contributed by atoms with E-state index in [2.05, 4.69) is 61.4 Å². The molecule has 1 unspecified atom stereocenters. The number of hydrogen-bond acceptors (Lipinski definition) is 2. The fraction of sp³-hybridized carbons (Fsp3) is 0.286. The van der Waals surface area contributed by atoms with Gasteiger partial charge in [-0.25, -0.2) is 0 Å². The summed E-state index contributed by atoms with van der Waals surface area (Å²) in [4.78, 5) is 0. The van der Waals surface area contributed by atoms with Crippen LogP contribution in [0, 0.1) is 0 Å². The molecule has 1 atom stereocenters. The summed E-state index contributed by atoms with van der Waals surface area (Å²) in [6, 6.07) is 11.1. The van der Waals surface area contributed by atoms with Gasteiger partial charge in [0.15, 0.2) is 4.67 Å². The first-order chi connectivity index (χ1) is 8.74. The van der Waals surface area contributed by atoms with Crippen LogP contribution in [0.1, 0.15) is 29.3 Å². The van der Waals surface area contributed by atoms with Gasteiger partial charge in [0.2, 0.25) is 0 Å². The number of rotatable bonds is 3. The van der Waals surface area contributed by atoms with E-state index in [-0.39, 0.29) is 0 Å². The first kappa shape index (κ1) is 12.5. The molecule has 0 amide bonds. The van der Waals surface area contributed by atoms with Gasteiger partial charge in [0, 0.05) is 6.04 Å². The van der Waals surface area contributed by atoms with Crippen molar-refractivity contribution in [3.8, 4) is 0 Å². The van der Waals surface area contributed by atoms with E-state index in [1.165, 1.54) is 24.0 Å². The van der Waals surface area contributed by atoms with Crippen LogP contribution in [0.25, 0.3) is 0 Å². The molecule has 1 aromatic carbocycles. The lowest BCUT2D eigenvalue weighted by atomic mass is 10.1. The van der Waals surface area contributed by atoms with Crippen LogP contribution in [-0.2, 0) is 13.0 Å². The van der Waals surface area contributed by atoms with Crippen molar-refractivity contribution < 1.29 is 4.42 Å². The summed E-state index contributed by atoms with van der Waals surface area (Å²) in [5, 5.41) is 3.56. The first-order valence-electron chi connectivity index (χ1n) is 5.99. The number of nitrogens with one attached hydrogen (secondary N) is 1. The molecule has 0 bridgehead atoms. The highest BCUT2D eigenvalue weighted by atomic mass is 79.9. The van der Waals surface area contributed by atoms with Crippen LogP contribution in [0.3, 0.4) is 0 Å². The van der Waals surface area contributed by atoms with Gasteiger partial charge in [-0.1, -0.05) is 24.3 Å². The molecule has 2 aromatic rings. The normalized spacial score (nSPS) is 18.0. The Hall–Kier alpha value is -0.580. The standard InChI is InChI=1S/C14H13Br2NO/c15-12-7-10(18-14(12)16)8-17-13-6-5-9-3-1-2-4-11(9)13/h1-4,7,13,17H,5-6,8H2. The monoisotopic (exact) mass is 369 g/mol. The van der Waals surface area contributed by atoms with E-state index in [9.17, 15) is 0 Å². The van der Waals surface area contributed by atoms with Gasteiger partial charge in [0.1, 0.15) is 5.76 Å². The van der Waals surface area contributed by atoms with E-state index in [1.54, 1.807) is 0 Å². The zero-order valence-corrected chi connectivity index (χ0v) is 12.9. The summed E-state index contributed by atoms with van der Waals surface area (Å²) in [7, 11) is 0. The van der Waals surface area contributed by atoms with Crippen LogP contribution >= 0.6 is 31.9 Å². The van der Waals surface area contributed by atoms with Crippen molar-refractivity contribution in [1.82, 2.24) is 5.32 Å². The highest BCUT2D eigenvalue weighted by molar-refractivity contribution is 9.13. The summed E-state index contributed by atoms with van der Waals surface area (Å²) in [5.41, 5.74) is 2.90. The maximum atomic E-state index is 5.57. The van der Waals surface area contributed by atoms with E-state index in [4.69, 9.17) is 4.42 Å². The number of fused-ring (bicyclic) bond motifs is 1. The van der Waals surface area contributed by atoms with E-state index >= 15 is 0 Å². The fourth-order valence-corrected chi connectivity index (χ4v) is 3.13. The molecule has 1 aromatic heterocycles. The van der Waals surface area contributed by atoms with Gasteiger partial charge in [-0.2, -0.15) is 0 Å². The van der Waals surface area contributed by atoms with Crippen molar-refractivity contribution in [2.24, 2.45) is 0 Å². The molecule has 0 saturated carbocycles. The van der Waals surface area contributed by atoms with Gasteiger partial charge >= 0.3 is 0 Å². The van der Waals surface area contributed by atoms with Crippen LogP contribution in [0.15, 0.2) is 43.9 Å². The number of hydrogen-bond donors (Lipinski definition) is 1. The third-order valence-electron chi connectivity index (χ3n) is 3.35. The first-order valence-corrected chi connectivity index (χ1v) is 7.57. The molecular formula is C14H13Br2NO. The minimum atomic E-state index is 0.448. The third-order valence-corrected chi connectivity index (χ3v) is 5.06. The molecule has 4 heteroatoms. The van der Waals surface area contributed by atoms with E-state index < -0.39 is 0 Å². The molecule has 0 aliphatic heterocycles. The molecule has 1 N–H and O–H groups in total. The predicted molar refractivity (Wildman–Crippen MR) is 78.5 cm³/mol. The Morgan fingerprint density at radius 2 is 2.11 bits per heavy atom. The molecule has 1 heterocycles. The molecule has 1 aliphatic rings. The Bertz CT molecular complexity index is 545. The third kappa shape index (κ3) is 2.42. The zero-order valence-electron chi connectivity index (χ0n) is 9.75. The highest BCUT2D eigenvalue weighted by Gasteiger charge is 2.21. The van der Waals surface area contributed by atoms with E-state index in [0.29, 0.717) is 6.04 Å². The summed E-state index contributed by atoms with van der Waals surface area (Å²) < 4.78 is 7.29. The van der Waals surface area contributed by atoms with Gasteiger partial charge in [-0.05, 0) is 61.9 Å². The second-order valence-electron chi connectivity index (χ2n) is 4.51. The smallest absolute Gasteiger partial charge is 0.183 e. The summed E-state index contributed by atoms with van der Waals surface area (Å²) in [6.07, 6.45) is 2.34. The van der Waals surface area contributed by atoms with Crippen LogP contribution in [0.2, 0.25) is 0 Å². The molecule has 1 aliphatic carbocycles. The average molecular weight is 371 g/mol. The minimum Gasteiger partial charge on any atom is -0.452 e. The van der Waals surface area contributed by atoms with Crippen LogP contribution < -0.4 is 5.32 Å². The van der Waals surface area contributed by atoms with Gasteiger partial charge in [-0.3, -0.25) is 0 Å². The van der Waals surface area contributed by atoms with Crippen molar-refractivity contribution >= 4 is 31.9 Å². The van der Waals surface area contributed by atoms with Crippen molar-refractivity contribution in [2.45, 2.75) is 25.4 Å². The molecule has 18 heavy (non-hydrogen) atoms. The molecule has 0 saturated heterocycles. The lowest BCUT2D eigenvalue weighted by Crippen LogP contribution is -2.18. The topological polar surface area (TPSA) is 25.2 Å². The average Bonchev–Trinajstić information content (AvgIpc) is 2.92. The Morgan fingerprint density at radius 3 is 2.89 bits per heavy atom. The van der Waals surface area contributed by atoms with E-state index in [1.807, 2.05) is 6.07 Å². The fourth-order valence-electron chi connectivity index (χ4n) is 2.47. The molecule has 0 fully saturated rings. The van der Waals surface area contributed by atoms with E-state index in [0.717, 1.165) is 21.4 Å². The minimum absolute atomic E-state index is 0.448. The number of halogens is 2. The molecule has 2 nitrogen and oxygen atoms in total. The van der Waals surface area contributed by atoms with Crippen LogP contribution in [0.5, 0.6) is 0 Å². The molecule has 3 rings (SSSR count). The van der Waals surface area contributed by atoms with Gasteiger partial charge in [0.25, 0.3) is 0 Å². The van der Waals surface area contributed by atoms with Crippen molar-refractivity contribution in [3.63, 3.8) is 0 Å². The number of furan rings is 1. The zero-order chi connectivity index (χ0) is 12.5. The maximum absolute atomic E-state index is 5.57. The lowest BCUT2D eigenvalue weighted by Gasteiger charge is -2.12. The number of aryl methyl sites for hydroxylation is 1. The quantitative estimate of drug-likeness (QED) is 0.855. The van der Waals surface area contributed by atoms with Crippen molar-refractivity contribution in [3.05, 3.63) is 56.4 Å². The van der Waals surface area contributed by atoms with Gasteiger partial charge < -0.3 is 9.73 Å². The van der Waals surface area contributed by atoms with Gasteiger partial charge in [0.05, 0.1) is 11.0 Å². The van der Waals surface area contributed by atoms with Gasteiger partial charge in [-0.15, -0.1) is 0 Å². The second kappa shape index (κ2) is 5.19. The number of benzene rings is 1. The summed E-state index contributed by atoms with van der Waals surface area (Å²) in [6.45, 7) is 0.753. The molecular weight excluding hydrogens is 358 g/mol. The van der Waals surface area contributed by atoms with Crippen LogP contribution in [0.4, 0.5) is 0 Å². The Kier molecular flexibility index (Phi) is 3.59. The Labute approximate surface area is 123 Å². The molecule has 94 valence electrons. The summed E-state index contributed by atoms with van der Waals surface area (Å²) in [5.74, 6) is 0.943. The largest absolute Gasteiger partial charge is 0.452 e. The van der Waals surface area contributed by atoms with Crippen molar-refractivity contribution in [1.29, 1.82) is 0 Å². The van der Waals surface area contributed by atoms with Crippen LogP contribution in [-0.4, -0.2) is 0 Å². The summed E-state index contributed by atoms with van der Waals surface area (Å²) >= 11 is 6.78. The lowest BCUT2D eigenvalue weighted by molar-refractivity contribution is 0.436. The van der Waals surface area contributed by atoms with Crippen molar-refractivity contribution in [2.75, 3.05) is 0 Å². The predicted octanol–water partition coefficient (Wildman–Crippen LogP) is 4.58. The second-order valence-corrected chi connectivity index (χ2v) is 6.08. The Morgan fingerprint density at radius 1 is 1.28 bits per heavy atom. The maximum Gasteiger partial charge on any atom is 0.183 e.